The first-order valence-electron chi connectivity index (χ1n) is 6.03. The van der Waals surface area contributed by atoms with E-state index < -0.39 is 29.0 Å². The van der Waals surface area contributed by atoms with Crippen LogP contribution in [0.4, 0.5) is 18.9 Å². The molecule has 0 aliphatic carbocycles. The van der Waals surface area contributed by atoms with Gasteiger partial charge in [-0.05, 0) is 36.8 Å². The van der Waals surface area contributed by atoms with E-state index in [1.165, 1.54) is 19.2 Å². The number of benzene rings is 2. The van der Waals surface area contributed by atoms with E-state index in [9.17, 15) is 18.0 Å². The summed E-state index contributed by atoms with van der Waals surface area (Å²) in [5.41, 5.74) is 0.605. The number of ether oxygens (including phenoxy) is 1. The van der Waals surface area contributed by atoms with Crippen LogP contribution in [0.2, 0.25) is 0 Å². The molecule has 0 heterocycles. The maximum atomic E-state index is 13.5. The van der Waals surface area contributed by atoms with Gasteiger partial charge in [0.15, 0.2) is 17.5 Å². The Morgan fingerprint density at radius 3 is 2.48 bits per heavy atom. The third-order valence-corrected chi connectivity index (χ3v) is 2.95. The van der Waals surface area contributed by atoms with E-state index in [2.05, 4.69) is 5.32 Å². The Morgan fingerprint density at radius 2 is 1.81 bits per heavy atom. The summed E-state index contributed by atoms with van der Waals surface area (Å²) >= 11 is 0. The van der Waals surface area contributed by atoms with Crippen molar-refractivity contribution in [3.05, 3.63) is 58.9 Å². The quantitative estimate of drug-likeness (QED) is 0.877. The van der Waals surface area contributed by atoms with Gasteiger partial charge in [-0.25, -0.2) is 13.2 Å². The summed E-state index contributed by atoms with van der Waals surface area (Å²) in [5, 5.41) is 2.19. The van der Waals surface area contributed by atoms with Crippen molar-refractivity contribution in [3.63, 3.8) is 0 Å². The minimum atomic E-state index is -1.63. The Hall–Kier alpha value is -2.50. The molecule has 0 radical (unpaired) electrons. The number of hydrogen-bond acceptors (Lipinski definition) is 2. The molecule has 1 N–H and O–H groups in total. The monoisotopic (exact) mass is 295 g/mol. The topological polar surface area (TPSA) is 38.3 Å². The summed E-state index contributed by atoms with van der Waals surface area (Å²) in [5.74, 6) is -4.55. The molecule has 110 valence electrons. The molecule has 3 nitrogen and oxygen atoms in total. The molecule has 0 aromatic heterocycles. The fourth-order valence-electron chi connectivity index (χ4n) is 1.78. The van der Waals surface area contributed by atoms with Gasteiger partial charge in [-0.2, -0.15) is 0 Å². The van der Waals surface area contributed by atoms with Crippen molar-refractivity contribution in [1.29, 1.82) is 0 Å². The van der Waals surface area contributed by atoms with Crippen LogP contribution in [0.1, 0.15) is 15.9 Å². The standard InChI is InChI=1S/C15H12F3NO2/c1-8-3-4-9(7-12(8)21-2)15(20)19-11-6-5-10(16)13(17)14(11)18/h3-7H,1-2H3,(H,19,20). The van der Waals surface area contributed by atoms with Crippen molar-refractivity contribution >= 4 is 11.6 Å². The van der Waals surface area contributed by atoms with Crippen molar-refractivity contribution in [2.45, 2.75) is 6.92 Å². The molecule has 0 bridgehead atoms. The van der Waals surface area contributed by atoms with Crippen LogP contribution in [0.3, 0.4) is 0 Å². The van der Waals surface area contributed by atoms with Crippen LogP contribution in [0.15, 0.2) is 30.3 Å². The van der Waals surface area contributed by atoms with E-state index in [0.717, 1.165) is 17.7 Å². The third-order valence-electron chi connectivity index (χ3n) is 2.95. The van der Waals surface area contributed by atoms with Gasteiger partial charge >= 0.3 is 0 Å². The second kappa shape index (κ2) is 5.87. The number of carbonyl (C=O) groups excluding carboxylic acids is 1. The lowest BCUT2D eigenvalue weighted by Gasteiger charge is -2.09. The normalized spacial score (nSPS) is 10.3. The molecule has 2 rings (SSSR count). The van der Waals surface area contributed by atoms with E-state index in [1.807, 2.05) is 0 Å². The number of nitrogens with one attached hydrogen (secondary N) is 1. The van der Waals surface area contributed by atoms with E-state index in [1.54, 1.807) is 13.0 Å². The van der Waals surface area contributed by atoms with E-state index in [4.69, 9.17) is 4.74 Å². The van der Waals surface area contributed by atoms with E-state index in [-0.39, 0.29) is 5.56 Å². The zero-order valence-corrected chi connectivity index (χ0v) is 11.3. The van der Waals surface area contributed by atoms with Crippen molar-refractivity contribution in [2.24, 2.45) is 0 Å². The van der Waals surface area contributed by atoms with Gasteiger partial charge in [-0.1, -0.05) is 6.07 Å². The maximum Gasteiger partial charge on any atom is 0.255 e. The van der Waals surface area contributed by atoms with Gasteiger partial charge in [0.1, 0.15) is 5.75 Å². The summed E-state index contributed by atoms with van der Waals surface area (Å²) in [6.45, 7) is 1.80. The molecule has 0 aliphatic heterocycles. The highest BCUT2D eigenvalue weighted by Gasteiger charge is 2.16. The van der Waals surface area contributed by atoms with Crippen LogP contribution < -0.4 is 10.1 Å². The zero-order valence-electron chi connectivity index (χ0n) is 11.3. The van der Waals surface area contributed by atoms with E-state index in [0.29, 0.717) is 5.75 Å². The lowest BCUT2D eigenvalue weighted by molar-refractivity contribution is 0.102. The summed E-state index contributed by atoms with van der Waals surface area (Å²) < 4.78 is 44.5. The molecule has 0 saturated heterocycles. The number of carbonyl (C=O) groups is 1. The van der Waals surface area contributed by atoms with Crippen molar-refractivity contribution in [3.8, 4) is 5.75 Å². The number of methoxy groups -OCH3 is 1. The molecule has 0 saturated carbocycles. The van der Waals surface area contributed by atoms with E-state index >= 15 is 0 Å². The highest BCUT2D eigenvalue weighted by Crippen LogP contribution is 2.22. The molecule has 6 heteroatoms. The van der Waals surface area contributed by atoms with Gasteiger partial charge in [-0.15, -0.1) is 0 Å². The molecular weight excluding hydrogens is 283 g/mol. The van der Waals surface area contributed by atoms with Crippen molar-refractivity contribution in [1.82, 2.24) is 0 Å². The van der Waals surface area contributed by atoms with Crippen molar-refractivity contribution < 1.29 is 22.7 Å². The molecule has 0 unspecified atom stereocenters. The number of rotatable bonds is 3. The van der Waals surface area contributed by atoms with Crippen LogP contribution in [-0.4, -0.2) is 13.0 Å². The zero-order chi connectivity index (χ0) is 15.6. The molecule has 1 amide bonds. The van der Waals surface area contributed by atoms with Gasteiger partial charge in [-0.3, -0.25) is 4.79 Å². The minimum Gasteiger partial charge on any atom is -0.496 e. The lowest BCUT2D eigenvalue weighted by atomic mass is 10.1. The van der Waals surface area contributed by atoms with Gasteiger partial charge in [0, 0.05) is 5.56 Å². The fraction of sp³-hybridized carbons (Fsp3) is 0.133. The highest BCUT2D eigenvalue weighted by atomic mass is 19.2. The smallest absolute Gasteiger partial charge is 0.255 e. The molecule has 21 heavy (non-hydrogen) atoms. The number of aryl methyl sites for hydroxylation is 1. The Kier molecular flexibility index (Phi) is 4.16. The van der Waals surface area contributed by atoms with Crippen LogP contribution in [0, 0.1) is 24.4 Å². The molecular formula is C15H12F3NO2. The molecule has 0 fully saturated rings. The molecule has 2 aromatic carbocycles. The molecule has 2 aromatic rings. The third kappa shape index (κ3) is 2.99. The average Bonchev–Trinajstić information content (AvgIpc) is 2.48. The number of anilines is 1. The molecule has 0 spiro atoms. The molecule has 0 aliphatic rings. The Bertz CT molecular complexity index is 702. The first kappa shape index (κ1) is 14.9. The highest BCUT2D eigenvalue weighted by molar-refractivity contribution is 6.04. The number of hydrogen-bond donors (Lipinski definition) is 1. The predicted octanol–water partition coefficient (Wildman–Crippen LogP) is 3.67. The van der Waals surface area contributed by atoms with Crippen molar-refractivity contribution in [2.75, 3.05) is 12.4 Å². The number of halogens is 3. The Balaban J connectivity index is 2.28. The SMILES string of the molecule is COc1cc(C(=O)Nc2ccc(F)c(F)c2F)ccc1C. The Morgan fingerprint density at radius 1 is 1.10 bits per heavy atom. The van der Waals surface area contributed by atoms with Crippen LogP contribution >= 0.6 is 0 Å². The van der Waals surface area contributed by atoms with Gasteiger partial charge in [0.05, 0.1) is 12.8 Å². The van der Waals surface area contributed by atoms with Gasteiger partial charge in [0.25, 0.3) is 5.91 Å². The minimum absolute atomic E-state index is 0.210. The Labute approximate surface area is 119 Å². The maximum absolute atomic E-state index is 13.5. The van der Waals surface area contributed by atoms with Gasteiger partial charge < -0.3 is 10.1 Å². The number of amides is 1. The largest absolute Gasteiger partial charge is 0.496 e. The van der Waals surface area contributed by atoms with Crippen LogP contribution in [-0.2, 0) is 0 Å². The van der Waals surface area contributed by atoms with Gasteiger partial charge in [0.2, 0.25) is 0 Å². The summed E-state index contributed by atoms with van der Waals surface area (Å²) in [6.07, 6.45) is 0. The second-order valence-electron chi connectivity index (χ2n) is 4.36. The second-order valence-corrected chi connectivity index (χ2v) is 4.36. The first-order valence-corrected chi connectivity index (χ1v) is 6.03. The lowest BCUT2D eigenvalue weighted by Crippen LogP contribution is -2.14. The predicted molar refractivity (Wildman–Crippen MR) is 72.0 cm³/mol. The summed E-state index contributed by atoms with van der Waals surface area (Å²) in [7, 11) is 1.46. The average molecular weight is 295 g/mol. The van der Waals surface area contributed by atoms with Crippen LogP contribution in [0.5, 0.6) is 5.75 Å². The van der Waals surface area contributed by atoms with Crippen LogP contribution in [0.25, 0.3) is 0 Å². The first-order chi connectivity index (χ1) is 9.93. The molecule has 0 atom stereocenters. The summed E-state index contributed by atoms with van der Waals surface area (Å²) in [4.78, 5) is 12.0. The fourth-order valence-corrected chi connectivity index (χ4v) is 1.78. The summed E-state index contributed by atoms with van der Waals surface area (Å²) in [6, 6.07) is 6.35.